The maximum atomic E-state index is 10.6. The molecule has 3 N–H and O–H groups in total. The van der Waals surface area contributed by atoms with E-state index in [2.05, 4.69) is 5.10 Å². The fourth-order valence-corrected chi connectivity index (χ4v) is 1.27. The molecule has 1 aromatic heterocycles. The molecule has 1 aromatic rings. The van der Waals surface area contributed by atoms with Crippen LogP contribution in [0.5, 0.6) is 0 Å². The van der Waals surface area contributed by atoms with Crippen molar-refractivity contribution in [1.82, 2.24) is 9.78 Å². The van der Waals surface area contributed by atoms with E-state index >= 15 is 0 Å². The monoisotopic (exact) mass is 183 g/mol. The molecular weight excluding hydrogens is 170 g/mol. The highest BCUT2D eigenvalue weighted by molar-refractivity contribution is 5.91. The number of carboxylic acids is 1. The van der Waals surface area contributed by atoms with Crippen molar-refractivity contribution in [2.75, 3.05) is 5.73 Å². The van der Waals surface area contributed by atoms with Crippen LogP contribution < -0.4 is 5.73 Å². The summed E-state index contributed by atoms with van der Waals surface area (Å²) < 4.78 is 1.53. The minimum absolute atomic E-state index is 0.0500. The largest absolute Gasteiger partial charge is 0.476 e. The number of anilines is 1. The van der Waals surface area contributed by atoms with E-state index in [4.69, 9.17) is 10.8 Å². The second kappa shape index (κ2) is 3.47. The third kappa shape index (κ3) is 1.63. The molecule has 0 saturated heterocycles. The lowest BCUT2D eigenvalue weighted by atomic mass is 10.2. The van der Waals surface area contributed by atoms with Gasteiger partial charge in [0.1, 0.15) is 0 Å². The van der Waals surface area contributed by atoms with Crippen LogP contribution in [0.25, 0.3) is 0 Å². The number of nitrogens with zero attached hydrogens (tertiary/aromatic N) is 2. The summed E-state index contributed by atoms with van der Waals surface area (Å²) in [6, 6.07) is 0. The number of nitrogen functional groups attached to an aromatic ring is 1. The standard InChI is InChI=1S/C8H13N3O2/c1-3-4-5-6(9)7(8(12)13)10-11(5)2/h3-4,9H2,1-2H3,(H,12,13). The lowest BCUT2D eigenvalue weighted by Crippen LogP contribution is -2.01. The zero-order valence-electron chi connectivity index (χ0n) is 7.74. The lowest BCUT2D eigenvalue weighted by Gasteiger charge is -1.99. The van der Waals surface area contributed by atoms with Crippen molar-refractivity contribution in [1.29, 1.82) is 0 Å². The maximum Gasteiger partial charge on any atom is 0.358 e. The Hall–Kier alpha value is -1.52. The Labute approximate surface area is 76.2 Å². The smallest absolute Gasteiger partial charge is 0.358 e. The molecule has 13 heavy (non-hydrogen) atoms. The Bertz CT molecular complexity index is 330. The van der Waals surface area contributed by atoms with Gasteiger partial charge in [0.25, 0.3) is 0 Å². The van der Waals surface area contributed by atoms with E-state index in [1.54, 1.807) is 7.05 Å². The normalized spacial score (nSPS) is 10.3. The number of aryl methyl sites for hydroxylation is 1. The van der Waals surface area contributed by atoms with Crippen LogP contribution in [0.3, 0.4) is 0 Å². The highest BCUT2D eigenvalue weighted by Gasteiger charge is 2.17. The summed E-state index contributed by atoms with van der Waals surface area (Å²) in [6.45, 7) is 2.01. The fourth-order valence-electron chi connectivity index (χ4n) is 1.27. The zero-order valence-corrected chi connectivity index (χ0v) is 7.74. The van der Waals surface area contributed by atoms with Crippen LogP contribution >= 0.6 is 0 Å². The van der Waals surface area contributed by atoms with Gasteiger partial charge in [-0.25, -0.2) is 4.79 Å². The van der Waals surface area contributed by atoms with Crippen molar-refractivity contribution in [2.24, 2.45) is 7.05 Å². The second-order valence-corrected chi connectivity index (χ2v) is 2.89. The quantitative estimate of drug-likeness (QED) is 0.721. The molecule has 0 aliphatic rings. The second-order valence-electron chi connectivity index (χ2n) is 2.89. The number of carbonyl (C=O) groups is 1. The highest BCUT2D eigenvalue weighted by Crippen LogP contribution is 2.17. The molecular formula is C8H13N3O2. The Morgan fingerprint density at radius 2 is 2.31 bits per heavy atom. The van der Waals surface area contributed by atoms with Gasteiger partial charge in [0.05, 0.1) is 11.4 Å². The molecule has 1 rings (SSSR count). The number of aromatic carboxylic acids is 1. The summed E-state index contributed by atoms with van der Waals surface area (Å²) in [7, 11) is 1.70. The van der Waals surface area contributed by atoms with Crippen LogP contribution in [0.15, 0.2) is 0 Å². The molecule has 5 nitrogen and oxygen atoms in total. The third-order valence-corrected chi connectivity index (χ3v) is 1.90. The first kappa shape index (κ1) is 9.57. The summed E-state index contributed by atoms with van der Waals surface area (Å²) >= 11 is 0. The Morgan fingerprint density at radius 3 is 2.69 bits per heavy atom. The zero-order chi connectivity index (χ0) is 10.0. The molecule has 1 heterocycles. The van der Waals surface area contributed by atoms with E-state index in [0.29, 0.717) is 0 Å². The highest BCUT2D eigenvalue weighted by atomic mass is 16.4. The Kier molecular flexibility index (Phi) is 2.55. The molecule has 0 amide bonds. The molecule has 5 heteroatoms. The van der Waals surface area contributed by atoms with Crippen LogP contribution in [0, 0.1) is 0 Å². The SMILES string of the molecule is CCCc1c(N)c(C(=O)O)nn1C. The molecule has 0 aliphatic heterocycles. The first-order valence-electron chi connectivity index (χ1n) is 4.12. The summed E-state index contributed by atoms with van der Waals surface area (Å²) in [5.74, 6) is -1.07. The summed E-state index contributed by atoms with van der Waals surface area (Å²) in [5.41, 5.74) is 6.66. The van der Waals surface area contributed by atoms with Crippen LogP contribution in [0.4, 0.5) is 5.69 Å². The van der Waals surface area contributed by atoms with Crippen molar-refractivity contribution in [2.45, 2.75) is 19.8 Å². The third-order valence-electron chi connectivity index (χ3n) is 1.90. The van der Waals surface area contributed by atoms with Crippen LogP contribution in [0.2, 0.25) is 0 Å². The van der Waals surface area contributed by atoms with E-state index in [1.807, 2.05) is 6.92 Å². The van der Waals surface area contributed by atoms with Gasteiger partial charge in [0.2, 0.25) is 0 Å². The van der Waals surface area contributed by atoms with Crippen molar-refractivity contribution in [3.8, 4) is 0 Å². The van der Waals surface area contributed by atoms with Gasteiger partial charge in [-0.05, 0) is 6.42 Å². The Morgan fingerprint density at radius 1 is 1.69 bits per heavy atom. The summed E-state index contributed by atoms with van der Waals surface area (Å²) in [6.07, 6.45) is 1.67. The number of aromatic nitrogens is 2. The summed E-state index contributed by atoms with van der Waals surface area (Å²) in [5, 5.41) is 12.5. The summed E-state index contributed by atoms with van der Waals surface area (Å²) in [4.78, 5) is 10.6. The lowest BCUT2D eigenvalue weighted by molar-refractivity contribution is 0.0691. The molecule has 0 radical (unpaired) electrons. The van der Waals surface area contributed by atoms with Gasteiger partial charge in [-0.2, -0.15) is 5.10 Å². The van der Waals surface area contributed by atoms with Crippen molar-refractivity contribution >= 4 is 11.7 Å². The van der Waals surface area contributed by atoms with Gasteiger partial charge >= 0.3 is 5.97 Å². The molecule has 0 bridgehead atoms. The molecule has 72 valence electrons. The molecule has 0 saturated carbocycles. The molecule has 0 fully saturated rings. The van der Waals surface area contributed by atoms with E-state index in [0.717, 1.165) is 18.5 Å². The van der Waals surface area contributed by atoms with E-state index in [-0.39, 0.29) is 11.4 Å². The first-order valence-corrected chi connectivity index (χ1v) is 4.12. The molecule has 0 spiro atoms. The van der Waals surface area contributed by atoms with E-state index < -0.39 is 5.97 Å². The van der Waals surface area contributed by atoms with Crippen LogP contribution in [-0.4, -0.2) is 20.9 Å². The van der Waals surface area contributed by atoms with E-state index in [1.165, 1.54) is 4.68 Å². The van der Waals surface area contributed by atoms with Gasteiger partial charge < -0.3 is 10.8 Å². The van der Waals surface area contributed by atoms with Crippen LogP contribution in [0.1, 0.15) is 29.5 Å². The fraction of sp³-hybridized carbons (Fsp3) is 0.500. The van der Waals surface area contributed by atoms with Gasteiger partial charge in [0.15, 0.2) is 5.69 Å². The van der Waals surface area contributed by atoms with Gasteiger partial charge in [0, 0.05) is 7.05 Å². The molecule has 0 aromatic carbocycles. The van der Waals surface area contributed by atoms with Gasteiger partial charge in [-0.1, -0.05) is 13.3 Å². The predicted molar refractivity (Wildman–Crippen MR) is 48.6 cm³/mol. The number of hydrogen-bond acceptors (Lipinski definition) is 3. The number of nitrogens with two attached hydrogens (primary N) is 1. The average molecular weight is 183 g/mol. The average Bonchev–Trinajstić information content (AvgIpc) is 2.32. The number of carboxylic acid groups (broad SMARTS) is 1. The molecule has 0 aliphatic carbocycles. The van der Waals surface area contributed by atoms with E-state index in [9.17, 15) is 4.79 Å². The first-order chi connectivity index (χ1) is 6.07. The molecule has 0 unspecified atom stereocenters. The van der Waals surface area contributed by atoms with Crippen molar-refractivity contribution in [3.63, 3.8) is 0 Å². The predicted octanol–water partition coefficient (Wildman–Crippen LogP) is 0.653. The van der Waals surface area contributed by atoms with Crippen molar-refractivity contribution < 1.29 is 9.90 Å². The Balaban J connectivity index is 3.14. The minimum atomic E-state index is -1.07. The number of hydrogen-bond donors (Lipinski definition) is 2. The van der Waals surface area contributed by atoms with Crippen molar-refractivity contribution in [3.05, 3.63) is 11.4 Å². The minimum Gasteiger partial charge on any atom is -0.476 e. The van der Waals surface area contributed by atoms with Crippen LogP contribution in [-0.2, 0) is 13.5 Å². The maximum absolute atomic E-state index is 10.6. The van der Waals surface area contributed by atoms with Gasteiger partial charge in [-0.3, -0.25) is 4.68 Å². The molecule has 0 atom stereocenters. The number of rotatable bonds is 3. The topological polar surface area (TPSA) is 81.1 Å². The van der Waals surface area contributed by atoms with Gasteiger partial charge in [-0.15, -0.1) is 0 Å².